The minimum absolute atomic E-state index is 0.00737. The summed E-state index contributed by atoms with van der Waals surface area (Å²) in [6, 6.07) is 15.2. The second-order valence-corrected chi connectivity index (χ2v) is 10.1. The van der Waals surface area contributed by atoms with Crippen molar-refractivity contribution in [1.29, 1.82) is 0 Å². The van der Waals surface area contributed by atoms with E-state index in [-0.39, 0.29) is 44.1 Å². The van der Waals surface area contributed by atoms with Gasteiger partial charge in [0, 0.05) is 24.9 Å². The van der Waals surface area contributed by atoms with Crippen LogP contribution in [-0.2, 0) is 19.1 Å². The van der Waals surface area contributed by atoms with E-state index < -0.39 is 23.9 Å². The molecule has 0 saturated carbocycles. The van der Waals surface area contributed by atoms with Crippen LogP contribution in [0.2, 0.25) is 0 Å². The zero-order chi connectivity index (χ0) is 28.9. The molecule has 2 aromatic carbocycles. The van der Waals surface area contributed by atoms with Crippen LogP contribution >= 0.6 is 0 Å². The highest BCUT2D eigenvalue weighted by Crippen LogP contribution is 2.44. The van der Waals surface area contributed by atoms with E-state index in [1.54, 1.807) is 13.8 Å². The first kappa shape index (κ1) is 30.7. The van der Waals surface area contributed by atoms with Gasteiger partial charge in [0.15, 0.2) is 0 Å². The first-order valence-corrected chi connectivity index (χ1v) is 13.8. The quantitative estimate of drug-likeness (QED) is 0.0950. The number of carbonyl (C=O) groups excluding carboxylic acids is 3. The van der Waals surface area contributed by atoms with Gasteiger partial charge < -0.3 is 31.4 Å². The molecular formula is C30H39N5O5. The van der Waals surface area contributed by atoms with E-state index in [9.17, 15) is 14.4 Å². The normalized spacial score (nSPS) is 13.5. The number of nitrogens with two attached hydrogens (primary N) is 1. The molecule has 2 aromatic rings. The lowest BCUT2D eigenvalue weighted by Gasteiger charge is -2.24. The maximum absolute atomic E-state index is 12.9. The van der Waals surface area contributed by atoms with Crippen LogP contribution in [0.5, 0.6) is 0 Å². The summed E-state index contributed by atoms with van der Waals surface area (Å²) in [7, 11) is 0. The number of alkyl carbamates (subject to hydrolysis) is 1. The Bertz CT molecular complexity index is 1160. The van der Waals surface area contributed by atoms with Crippen LogP contribution in [0.15, 0.2) is 48.5 Å². The van der Waals surface area contributed by atoms with Crippen molar-refractivity contribution in [1.82, 2.24) is 10.6 Å². The van der Waals surface area contributed by atoms with Gasteiger partial charge in [-0.3, -0.25) is 9.59 Å². The largest absolute Gasteiger partial charge is 0.462 e. The molecule has 0 spiro atoms. The first-order chi connectivity index (χ1) is 19.3. The van der Waals surface area contributed by atoms with E-state index in [4.69, 9.17) is 20.7 Å². The Morgan fingerprint density at radius 1 is 1.02 bits per heavy atom. The average molecular weight is 550 g/mol. The van der Waals surface area contributed by atoms with Crippen LogP contribution < -0.4 is 16.4 Å². The van der Waals surface area contributed by atoms with Crippen LogP contribution in [0.3, 0.4) is 0 Å². The third-order valence-electron chi connectivity index (χ3n) is 6.80. The Hall–Kier alpha value is -3.85. The Kier molecular flexibility index (Phi) is 12.0. The molecule has 1 aliphatic carbocycles. The van der Waals surface area contributed by atoms with Gasteiger partial charge in [0.2, 0.25) is 5.78 Å². The molecule has 0 fully saturated rings. The Morgan fingerprint density at radius 2 is 1.68 bits per heavy atom. The van der Waals surface area contributed by atoms with Gasteiger partial charge in [-0.25, -0.2) is 4.79 Å². The lowest BCUT2D eigenvalue weighted by atomic mass is 9.98. The van der Waals surface area contributed by atoms with E-state index in [0.29, 0.717) is 13.0 Å². The molecule has 2 unspecified atom stereocenters. The van der Waals surface area contributed by atoms with Crippen molar-refractivity contribution in [3.05, 3.63) is 65.2 Å². The highest BCUT2D eigenvalue weighted by Gasteiger charge is 2.29. The van der Waals surface area contributed by atoms with Crippen molar-refractivity contribution < 1.29 is 28.6 Å². The lowest BCUT2D eigenvalue weighted by Crippen LogP contribution is -2.48. The summed E-state index contributed by atoms with van der Waals surface area (Å²) >= 11 is 0. The maximum atomic E-state index is 12.9. The van der Waals surface area contributed by atoms with Gasteiger partial charge in [-0.1, -0.05) is 55.0 Å². The lowest BCUT2D eigenvalue weighted by molar-refractivity contribution is -0.150. The SMILES string of the molecule is CC(C)OC(=O)C(CCC(=O)C=[N+]=[N-])NCC(CCCCN)NC(=O)OCC1c2ccccc2-c2ccccc21. The average Bonchev–Trinajstić information content (AvgIpc) is 3.25. The fraction of sp³-hybridized carbons (Fsp3) is 0.467. The monoisotopic (exact) mass is 549 g/mol. The third kappa shape index (κ3) is 8.84. The molecule has 1 amide bonds. The molecular weight excluding hydrogens is 510 g/mol. The number of amides is 1. The number of hydrogen-bond donors (Lipinski definition) is 3. The van der Waals surface area contributed by atoms with Crippen molar-refractivity contribution in [3.63, 3.8) is 0 Å². The molecule has 10 nitrogen and oxygen atoms in total. The molecule has 2 atom stereocenters. The topological polar surface area (TPSA) is 156 Å². The van der Waals surface area contributed by atoms with Crippen molar-refractivity contribution >= 4 is 24.1 Å². The molecule has 4 N–H and O–H groups in total. The van der Waals surface area contributed by atoms with Crippen LogP contribution in [0.1, 0.15) is 63.0 Å². The molecule has 40 heavy (non-hydrogen) atoms. The van der Waals surface area contributed by atoms with Crippen molar-refractivity contribution in [2.45, 2.75) is 70.1 Å². The Labute approximate surface area is 235 Å². The summed E-state index contributed by atoms with van der Waals surface area (Å²) in [5, 5.41) is 6.07. The van der Waals surface area contributed by atoms with E-state index in [2.05, 4.69) is 39.7 Å². The minimum atomic E-state index is -0.778. The van der Waals surface area contributed by atoms with Gasteiger partial charge in [-0.15, -0.1) is 0 Å². The van der Waals surface area contributed by atoms with Crippen LogP contribution in [0, 0.1) is 0 Å². The van der Waals surface area contributed by atoms with E-state index in [0.717, 1.165) is 41.3 Å². The second kappa shape index (κ2) is 15.7. The smallest absolute Gasteiger partial charge is 0.407 e. The fourth-order valence-corrected chi connectivity index (χ4v) is 4.88. The summed E-state index contributed by atoms with van der Waals surface area (Å²) in [4.78, 5) is 40.1. The van der Waals surface area contributed by atoms with Gasteiger partial charge in [-0.05, 0) is 61.9 Å². The molecule has 3 rings (SSSR count). The van der Waals surface area contributed by atoms with Crippen LogP contribution in [-0.4, -0.2) is 66.7 Å². The number of benzene rings is 2. The zero-order valence-corrected chi connectivity index (χ0v) is 23.2. The van der Waals surface area contributed by atoms with Crippen LogP contribution in [0.4, 0.5) is 4.79 Å². The number of carbonyl (C=O) groups is 3. The zero-order valence-electron chi connectivity index (χ0n) is 23.2. The number of ketones is 1. The van der Waals surface area contributed by atoms with E-state index in [1.807, 2.05) is 24.3 Å². The summed E-state index contributed by atoms with van der Waals surface area (Å²) in [6.07, 6.45) is 2.26. The van der Waals surface area contributed by atoms with E-state index >= 15 is 0 Å². The number of esters is 1. The number of nitrogens with one attached hydrogen (secondary N) is 2. The summed E-state index contributed by atoms with van der Waals surface area (Å²) in [5.41, 5.74) is 18.8. The molecule has 0 aliphatic heterocycles. The van der Waals surface area contributed by atoms with Crippen LogP contribution in [0.25, 0.3) is 16.7 Å². The highest BCUT2D eigenvalue weighted by molar-refractivity contribution is 6.25. The number of nitrogens with zero attached hydrogens (tertiary/aromatic N) is 2. The first-order valence-electron chi connectivity index (χ1n) is 13.8. The van der Waals surface area contributed by atoms with Crippen molar-refractivity contribution in [2.24, 2.45) is 5.73 Å². The van der Waals surface area contributed by atoms with Gasteiger partial charge in [0.05, 0.1) is 6.10 Å². The summed E-state index contributed by atoms with van der Waals surface area (Å²) in [6.45, 7) is 4.47. The fourth-order valence-electron chi connectivity index (χ4n) is 4.88. The number of fused-ring (bicyclic) bond motifs is 3. The van der Waals surface area contributed by atoms with Crippen molar-refractivity contribution in [2.75, 3.05) is 19.7 Å². The number of unbranched alkanes of at least 4 members (excludes halogenated alkanes) is 1. The predicted octanol–water partition coefficient (Wildman–Crippen LogP) is 3.58. The molecule has 10 heteroatoms. The summed E-state index contributed by atoms with van der Waals surface area (Å²) in [5.74, 6) is -0.962. The second-order valence-electron chi connectivity index (χ2n) is 10.1. The number of rotatable bonds is 16. The molecule has 0 radical (unpaired) electrons. The summed E-state index contributed by atoms with van der Waals surface area (Å²) < 4.78 is 11.1. The molecule has 0 heterocycles. The van der Waals surface area contributed by atoms with E-state index in [1.165, 1.54) is 0 Å². The minimum Gasteiger partial charge on any atom is -0.462 e. The molecule has 214 valence electrons. The van der Waals surface area contributed by atoms with Gasteiger partial charge in [0.1, 0.15) is 12.6 Å². The number of hydrogen-bond acceptors (Lipinski definition) is 7. The van der Waals surface area contributed by atoms with Crippen molar-refractivity contribution in [3.8, 4) is 11.1 Å². The molecule has 0 bridgehead atoms. The third-order valence-corrected chi connectivity index (χ3v) is 6.80. The predicted molar refractivity (Wildman–Crippen MR) is 152 cm³/mol. The standard InChI is InChI=1S/C30H39N5O5/c1-20(2)40-29(37)28(15-14-22(36)18-34-32)33-17-21(9-7-8-16-31)35-30(38)39-19-27-25-12-5-3-10-23(25)24-11-4-6-13-26(24)27/h3-6,10-13,18,20-21,27-28,33H,7-9,14-17,19,31H2,1-2H3,(H,35,38). The van der Waals surface area contributed by atoms with Gasteiger partial charge in [-0.2, -0.15) is 4.79 Å². The van der Waals surface area contributed by atoms with Gasteiger partial charge in [0.25, 0.3) is 0 Å². The molecule has 1 aliphatic rings. The number of ether oxygens (including phenoxy) is 2. The maximum Gasteiger partial charge on any atom is 0.407 e. The Morgan fingerprint density at radius 3 is 2.27 bits per heavy atom. The molecule has 0 aromatic heterocycles. The van der Waals surface area contributed by atoms with Gasteiger partial charge >= 0.3 is 18.3 Å². The number of Topliss-reactive ketones (excluding diaryl/α,β-unsaturated/α-hetero) is 1. The highest BCUT2D eigenvalue weighted by atomic mass is 16.6. The molecule has 0 saturated heterocycles. The Balaban J connectivity index is 1.62.